The zero-order chi connectivity index (χ0) is 20.9. The van der Waals surface area contributed by atoms with Gasteiger partial charge in [0.05, 0.1) is 6.61 Å². The Morgan fingerprint density at radius 3 is 2.45 bits per heavy atom. The van der Waals surface area contributed by atoms with E-state index < -0.39 is 23.6 Å². The molecule has 3 unspecified atom stereocenters. The normalized spacial score (nSPS) is 20.7. The molecule has 1 aliphatic rings. The van der Waals surface area contributed by atoms with Crippen molar-refractivity contribution in [2.24, 2.45) is 0 Å². The summed E-state index contributed by atoms with van der Waals surface area (Å²) in [5, 5.41) is 3.11. The van der Waals surface area contributed by atoms with Gasteiger partial charge in [0.25, 0.3) is 0 Å². The van der Waals surface area contributed by atoms with E-state index in [9.17, 15) is 13.2 Å². The SMILES string of the molecule is FC(F)(F)C(OC(=S)Oc1ccccc1)C1CNC(Cc2ccc(Cl)cc2)CO1. The second-order valence-corrected chi connectivity index (χ2v) is 7.32. The van der Waals surface area contributed by atoms with Gasteiger partial charge in [0.1, 0.15) is 11.9 Å². The number of nitrogens with one attached hydrogen (secondary N) is 1. The maximum absolute atomic E-state index is 13.5. The fourth-order valence-corrected chi connectivity index (χ4v) is 3.26. The minimum absolute atomic E-state index is 0.0314. The Kier molecular flexibility index (Phi) is 7.34. The number of alkyl halides is 3. The lowest BCUT2D eigenvalue weighted by molar-refractivity contribution is -0.237. The van der Waals surface area contributed by atoms with E-state index in [0.717, 1.165) is 5.56 Å². The molecule has 29 heavy (non-hydrogen) atoms. The van der Waals surface area contributed by atoms with Gasteiger partial charge in [-0.1, -0.05) is 41.9 Å². The van der Waals surface area contributed by atoms with Gasteiger partial charge in [-0.2, -0.15) is 13.2 Å². The number of hydrogen-bond acceptors (Lipinski definition) is 5. The van der Waals surface area contributed by atoms with Crippen molar-refractivity contribution >= 4 is 29.1 Å². The van der Waals surface area contributed by atoms with E-state index in [1.54, 1.807) is 42.5 Å². The predicted octanol–water partition coefficient (Wildman–Crippen LogP) is 4.55. The van der Waals surface area contributed by atoms with Gasteiger partial charge in [-0.15, -0.1) is 0 Å². The van der Waals surface area contributed by atoms with Crippen molar-refractivity contribution in [3.8, 4) is 5.75 Å². The van der Waals surface area contributed by atoms with E-state index in [4.69, 9.17) is 38.0 Å². The van der Waals surface area contributed by atoms with Crippen LogP contribution in [0.25, 0.3) is 0 Å². The topological polar surface area (TPSA) is 39.7 Å². The van der Waals surface area contributed by atoms with E-state index in [0.29, 0.717) is 17.2 Å². The van der Waals surface area contributed by atoms with E-state index in [-0.39, 0.29) is 19.2 Å². The molecule has 1 saturated heterocycles. The van der Waals surface area contributed by atoms with Crippen LogP contribution in [0.15, 0.2) is 54.6 Å². The van der Waals surface area contributed by atoms with Crippen molar-refractivity contribution < 1.29 is 27.4 Å². The molecule has 0 saturated carbocycles. The zero-order valence-electron chi connectivity index (χ0n) is 15.2. The first kappa shape index (κ1) is 21.8. The Morgan fingerprint density at radius 1 is 1.17 bits per heavy atom. The van der Waals surface area contributed by atoms with Gasteiger partial charge in [-0.05, 0) is 36.2 Å². The summed E-state index contributed by atoms with van der Waals surface area (Å²) in [6.07, 6.45) is -7.53. The molecule has 1 fully saturated rings. The quantitative estimate of drug-likeness (QED) is 0.684. The Hall–Kier alpha value is -1.87. The fraction of sp³-hybridized carbons (Fsp3) is 0.350. The summed E-state index contributed by atoms with van der Waals surface area (Å²) in [6.45, 7) is 0.0753. The number of rotatable bonds is 5. The first-order valence-corrected chi connectivity index (χ1v) is 9.69. The van der Waals surface area contributed by atoms with Gasteiger partial charge in [0.15, 0.2) is 0 Å². The fourth-order valence-electron chi connectivity index (χ4n) is 2.94. The van der Waals surface area contributed by atoms with E-state index in [1.165, 1.54) is 0 Å². The van der Waals surface area contributed by atoms with E-state index in [2.05, 4.69) is 5.32 Å². The van der Waals surface area contributed by atoms with Crippen molar-refractivity contribution in [3.05, 3.63) is 65.2 Å². The van der Waals surface area contributed by atoms with Crippen LogP contribution in [0, 0.1) is 0 Å². The Labute approximate surface area is 176 Å². The summed E-state index contributed by atoms with van der Waals surface area (Å²) in [6, 6.07) is 15.4. The molecular weight excluding hydrogens is 427 g/mol. The lowest BCUT2D eigenvalue weighted by Gasteiger charge is -2.35. The molecule has 0 aromatic heterocycles. The third-order valence-corrected chi connectivity index (χ3v) is 4.77. The molecule has 0 aliphatic carbocycles. The number of halogens is 4. The summed E-state index contributed by atoms with van der Waals surface area (Å²) < 4.78 is 56.1. The van der Waals surface area contributed by atoms with Crippen molar-refractivity contribution in [2.45, 2.75) is 30.8 Å². The number of para-hydroxylation sites is 1. The van der Waals surface area contributed by atoms with Crippen LogP contribution in [0.4, 0.5) is 13.2 Å². The molecule has 0 bridgehead atoms. The van der Waals surface area contributed by atoms with Crippen LogP contribution in [-0.2, 0) is 15.9 Å². The van der Waals surface area contributed by atoms with Crippen molar-refractivity contribution in [1.29, 1.82) is 0 Å². The van der Waals surface area contributed by atoms with Gasteiger partial charge in [0, 0.05) is 29.8 Å². The highest BCUT2D eigenvalue weighted by atomic mass is 35.5. The summed E-state index contributed by atoms with van der Waals surface area (Å²) in [5.41, 5.74) is 1.01. The molecule has 1 heterocycles. The van der Waals surface area contributed by atoms with Crippen molar-refractivity contribution in [2.75, 3.05) is 13.2 Å². The maximum Gasteiger partial charge on any atom is 0.428 e. The molecule has 0 spiro atoms. The number of ether oxygens (including phenoxy) is 3. The molecule has 0 radical (unpaired) electrons. The minimum Gasteiger partial charge on any atom is -0.441 e. The highest BCUT2D eigenvalue weighted by Gasteiger charge is 2.49. The predicted molar refractivity (Wildman–Crippen MR) is 107 cm³/mol. The Morgan fingerprint density at radius 2 is 1.86 bits per heavy atom. The second-order valence-electron chi connectivity index (χ2n) is 6.55. The lowest BCUT2D eigenvalue weighted by Crippen LogP contribution is -2.56. The lowest BCUT2D eigenvalue weighted by atomic mass is 10.0. The van der Waals surface area contributed by atoms with Crippen LogP contribution in [0.5, 0.6) is 5.75 Å². The van der Waals surface area contributed by atoms with Crippen LogP contribution in [0.2, 0.25) is 5.02 Å². The molecule has 3 atom stereocenters. The number of thiocarbonyl (C=S) groups is 1. The molecule has 2 aromatic carbocycles. The monoisotopic (exact) mass is 445 g/mol. The Bertz CT molecular complexity index is 797. The minimum atomic E-state index is -4.67. The smallest absolute Gasteiger partial charge is 0.428 e. The summed E-state index contributed by atoms with van der Waals surface area (Å²) >= 11 is 10.7. The van der Waals surface area contributed by atoms with Crippen LogP contribution >= 0.6 is 23.8 Å². The van der Waals surface area contributed by atoms with Crippen LogP contribution in [0.3, 0.4) is 0 Å². The zero-order valence-corrected chi connectivity index (χ0v) is 16.8. The highest BCUT2D eigenvalue weighted by molar-refractivity contribution is 7.79. The third kappa shape index (κ3) is 6.57. The number of benzene rings is 2. The van der Waals surface area contributed by atoms with E-state index >= 15 is 0 Å². The summed E-state index contributed by atoms with van der Waals surface area (Å²) in [5.74, 6) is 0.296. The third-order valence-electron chi connectivity index (χ3n) is 4.34. The molecule has 1 aliphatic heterocycles. The van der Waals surface area contributed by atoms with Crippen molar-refractivity contribution in [3.63, 3.8) is 0 Å². The second kappa shape index (κ2) is 9.75. The standard InChI is InChI=1S/C20H19ClF3NO3S/c21-14-8-6-13(7-9-14)10-15-12-26-17(11-25-15)18(20(22,23)24)28-19(29)27-16-4-2-1-3-5-16/h1-9,15,17-18,25H,10-12H2. The average Bonchev–Trinajstić information content (AvgIpc) is 2.69. The van der Waals surface area contributed by atoms with Gasteiger partial charge >= 0.3 is 11.4 Å². The van der Waals surface area contributed by atoms with Gasteiger partial charge in [-0.3, -0.25) is 0 Å². The first-order valence-electron chi connectivity index (χ1n) is 8.91. The molecule has 1 N–H and O–H groups in total. The van der Waals surface area contributed by atoms with Gasteiger partial charge in [0.2, 0.25) is 6.10 Å². The first-order chi connectivity index (χ1) is 13.8. The molecule has 156 valence electrons. The number of morpholine rings is 1. The Balaban J connectivity index is 1.56. The molecule has 3 rings (SSSR count). The van der Waals surface area contributed by atoms with E-state index in [1.807, 2.05) is 12.1 Å². The van der Waals surface area contributed by atoms with Crippen LogP contribution in [0.1, 0.15) is 5.56 Å². The number of hydrogen-bond donors (Lipinski definition) is 1. The maximum atomic E-state index is 13.5. The van der Waals surface area contributed by atoms with Gasteiger partial charge in [-0.25, -0.2) is 0 Å². The molecule has 9 heteroatoms. The van der Waals surface area contributed by atoms with Crippen molar-refractivity contribution in [1.82, 2.24) is 5.32 Å². The molecule has 4 nitrogen and oxygen atoms in total. The van der Waals surface area contributed by atoms with Crippen LogP contribution in [-0.4, -0.2) is 42.8 Å². The average molecular weight is 446 g/mol. The molecule has 2 aromatic rings. The highest BCUT2D eigenvalue weighted by Crippen LogP contribution is 2.29. The van der Waals surface area contributed by atoms with Gasteiger partial charge < -0.3 is 19.5 Å². The molecule has 0 amide bonds. The largest absolute Gasteiger partial charge is 0.441 e. The summed E-state index contributed by atoms with van der Waals surface area (Å²) in [7, 11) is 0. The molecular formula is C20H19ClF3NO3S. The summed E-state index contributed by atoms with van der Waals surface area (Å²) in [4.78, 5) is 0. The van der Waals surface area contributed by atoms with Crippen LogP contribution < -0.4 is 10.1 Å².